The van der Waals surface area contributed by atoms with Crippen molar-refractivity contribution in [2.45, 2.75) is 19.8 Å². The third kappa shape index (κ3) is 2.57. The van der Waals surface area contributed by atoms with Crippen LogP contribution in [0, 0.1) is 0 Å². The Morgan fingerprint density at radius 2 is 2.00 bits per heavy atom. The number of ketones is 1. The molecular formula is C17H16N2O3. The number of methoxy groups -OCH3 is 1. The zero-order valence-electron chi connectivity index (χ0n) is 12.5. The summed E-state index contributed by atoms with van der Waals surface area (Å²) in [4.78, 5) is 20.6. The summed E-state index contributed by atoms with van der Waals surface area (Å²) in [6.45, 7) is 1.96. The fraction of sp³-hybridized carbons (Fsp3) is 0.235. The van der Waals surface area contributed by atoms with E-state index in [2.05, 4.69) is 9.97 Å². The summed E-state index contributed by atoms with van der Waals surface area (Å²) in [5.74, 6) is 1.13. The smallest absolute Gasteiger partial charge is 0.232 e. The van der Waals surface area contributed by atoms with E-state index < -0.39 is 0 Å². The van der Waals surface area contributed by atoms with Crippen LogP contribution in [-0.4, -0.2) is 22.9 Å². The van der Waals surface area contributed by atoms with Crippen molar-refractivity contribution in [2.75, 3.05) is 7.11 Å². The van der Waals surface area contributed by atoms with Gasteiger partial charge in [-0.25, -0.2) is 4.98 Å². The van der Waals surface area contributed by atoms with E-state index in [4.69, 9.17) is 9.15 Å². The van der Waals surface area contributed by atoms with Crippen LogP contribution in [0.2, 0.25) is 0 Å². The highest BCUT2D eigenvalue weighted by molar-refractivity contribution is 5.95. The van der Waals surface area contributed by atoms with Crippen molar-refractivity contribution >= 4 is 17.0 Å². The molecule has 5 nitrogen and oxygen atoms in total. The first kappa shape index (κ1) is 14.3. The molecule has 0 aliphatic carbocycles. The van der Waals surface area contributed by atoms with Crippen molar-refractivity contribution in [3.05, 3.63) is 42.1 Å². The molecule has 0 fully saturated rings. The second kappa shape index (κ2) is 5.97. The first-order chi connectivity index (χ1) is 10.7. The molecule has 0 aliphatic heterocycles. The lowest BCUT2D eigenvalue weighted by molar-refractivity contribution is 0.0977. The van der Waals surface area contributed by atoms with Gasteiger partial charge >= 0.3 is 0 Å². The van der Waals surface area contributed by atoms with Gasteiger partial charge in [0.2, 0.25) is 5.89 Å². The summed E-state index contributed by atoms with van der Waals surface area (Å²) < 4.78 is 11.0. The molecule has 0 unspecified atom stereocenters. The van der Waals surface area contributed by atoms with Crippen LogP contribution in [-0.2, 0) is 0 Å². The zero-order valence-corrected chi connectivity index (χ0v) is 12.5. The Labute approximate surface area is 128 Å². The van der Waals surface area contributed by atoms with Gasteiger partial charge in [0, 0.05) is 6.42 Å². The molecule has 5 heteroatoms. The quantitative estimate of drug-likeness (QED) is 0.668. The number of aromatic nitrogens is 2. The van der Waals surface area contributed by atoms with E-state index in [-0.39, 0.29) is 5.78 Å². The molecule has 2 aromatic heterocycles. The molecule has 0 spiro atoms. The monoisotopic (exact) mass is 296 g/mol. The molecule has 112 valence electrons. The maximum atomic E-state index is 11.9. The Balaban J connectivity index is 2.05. The van der Waals surface area contributed by atoms with Gasteiger partial charge < -0.3 is 9.15 Å². The Morgan fingerprint density at radius 3 is 2.77 bits per heavy atom. The zero-order chi connectivity index (χ0) is 15.5. The normalized spacial score (nSPS) is 10.8. The predicted octanol–water partition coefficient (Wildman–Crippen LogP) is 3.88. The van der Waals surface area contributed by atoms with Crippen molar-refractivity contribution in [1.82, 2.24) is 9.97 Å². The molecule has 0 aliphatic rings. The van der Waals surface area contributed by atoms with E-state index in [0.29, 0.717) is 35.0 Å². The first-order valence-electron chi connectivity index (χ1n) is 7.17. The highest BCUT2D eigenvalue weighted by atomic mass is 16.5. The minimum absolute atomic E-state index is 0.0197. The van der Waals surface area contributed by atoms with E-state index >= 15 is 0 Å². The number of hydrogen-bond acceptors (Lipinski definition) is 5. The lowest BCUT2D eigenvalue weighted by Gasteiger charge is -2.03. The SMILES string of the molecule is CCCC(=O)c1ccc2oc(-c3ccccc3OC)nc2n1. The average Bonchev–Trinajstić information content (AvgIpc) is 2.97. The molecule has 0 N–H and O–H groups in total. The first-order valence-corrected chi connectivity index (χ1v) is 7.17. The van der Waals surface area contributed by atoms with Crippen LogP contribution in [0.25, 0.3) is 22.7 Å². The van der Waals surface area contributed by atoms with Gasteiger partial charge in [0.25, 0.3) is 0 Å². The number of nitrogens with zero attached hydrogens (tertiary/aromatic N) is 2. The number of fused-ring (bicyclic) bond motifs is 1. The highest BCUT2D eigenvalue weighted by Gasteiger charge is 2.15. The number of oxazole rings is 1. The lowest BCUT2D eigenvalue weighted by Crippen LogP contribution is -2.01. The van der Waals surface area contributed by atoms with E-state index in [1.165, 1.54) is 0 Å². The summed E-state index contributed by atoms with van der Waals surface area (Å²) in [6.07, 6.45) is 1.28. The maximum absolute atomic E-state index is 11.9. The van der Waals surface area contributed by atoms with Crippen molar-refractivity contribution in [2.24, 2.45) is 0 Å². The van der Waals surface area contributed by atoms with Gasteiger partial charge in [-0.3, -0.25) is 4.79 Å². The van der Waals surface area contributed by atoms with E-state index in [1.54, 1.807) is 19.2 Å². The van der Waals surface area contributed by atoms with Gasteiger partial charge in [0.05, 0.1) is 12.7 Å². The lowest BCUT2D eigenvalue weighted by atomic mass is 10.1. The number of Topliss-reactive ketones (excluding diaryl/α,β-unsaturated/α-hetero) is 1. The van der Waals surface area contributed by atoms with Crippen molar-refractivity contribution < 1.29 is 13.9 Å². The Morgan fingerprint density at radius 1 is 1.18 bits per heavy atom. The number of ether oxygens (including phenoxy) is 1. The van der Waals surface area contributed by atoms with Gasteiger partial charge in [-0.15, -0.1) is 0 Å². The summed E-state index contributed by atoms with van der Waals surface area (Å²) >= 11 is 0. The van der Waals surface area contributed by atoms with Crippen LogP contribution in [0.3, 0.4) is 0 Å². The molecule has 0 amide bonds. The van der Waals surface area contributed by atoms with E-state index in [9.17, 15) is 4.79 Å². The predicted molar refractivity (Wildman–Crippen MR) is 83.0 cm³/mol. The van der Waals surface area contributed by atoms with Crippen LogP contribution < -0.4 is 4.74 Å². The van der Waals surface area contributed by atoms with Gasteiger partial charge in [-0.05, 0) is 30.7 Å². The Kier molecular flexibility index (Phi) is 3.87. The van der Waals surface area contributed by atoms with Crippen LogP contribution in [0.1, 0.15) is 30.3 Å². The molecule has 0 radical (unpaired) electrons. The largest absolute Gasteiger partial charge is 0.496 e. The minimum atomic E-state index is 0.0197. The number of carbonyl (C=O) groups excluding carboxylic acids is 1. The number of para-hydroxylation sites is 1. The van der Waals surface area contributed by atoms with Crippen LogP contribution >= 0.6 is 0 Å². The number of carbonyl (C=O) groups is 1. The molecule has 0 atom stereocenters. The fourth-order valence-electron chi connectivity index (χ4n) is 2.27. The molecular weight excluding hydrogens is 280 g/mol. The van der Waals surface area contributed by atoms with Gasteiger partial charge in [-0.1, -0.05) is 19.1 Å². The molecule has 3 aromatic rings. The standard InChI is InChI=1S/C17H16N2O3/c1-3-6-13(20)12-9-10-15-16(18-12)19-17(22-15)11-7-4-5-8-14(11)21-2/h4-5,7-10H,3,6H2,1-2H3. The summed E-state index contributed by atoms with van der Waals surface area (Å²) in [6, 6.07) is 10.9. The van der Waals surface area contributed by atoms with Crippen molar-refractivity contribution in [3.8, 4) is 17.2 Å². The molecule has 0 saturated carbocycles. The van der Waals surface area contributed by atoms with Crippen LogP contribution in [0.5, 0.6) is 5.75 Å². The van der Waals surface area contributed by atoms with E-state index in [0.717, 1.165) is 12.0 Å². The second-order valence-corrected chi connectivity index (χ2v) is 4.91. The number of rotatable bonds is 5. The minimum Gasteiger partial charge on any atom is -0.496 e. The topological polar surface area (TPSA) is 65.2 Å². The fourth-order valence-corrected chi connectivity index (χ4v) is 2.27. The summed E-state index contributed by atoms with van der Waals surface area (Å²) in [7, 11) is 1.60. The van der Waals surface area contributed by atoms with E-state index in [1.807, 2.05) is 31.2 Å². The molecule has 1 aromatic carbocycles. The number of pyridine rings is 1. The third-order valence-electron chi connectivity index (χ3n) is 3.35. The highest BCUT2D eigenvalue weighted by Crippen LogP contribution is 2.30. The summed E-state index contributed by atoms with van der Waals surface area (Å²) in [5, 5.41) is 0. The number of benzene rings is 1. The third-order valence-corrected chi connectivity index (χ3v) is 3.35. The molecule has 0 bridgehead atoms. The molecule has 2 heterocycles. The Hall–Kier alpha value is -2.69. The average molecular weight is 296 g/mol. The van der Waals surface area contributed by atoms with Gasteiger partial charge in [0.15, 0.2) is 17.0 Å². The van der Waals surface area contributed by atoms with Crippen LogP contribution in [0.4, 0.5) is 0 Å². The van der Waals surface area contributed by atoms with Crippen LogP contribution in [0.15, 0.2) is 40.8 Å². The van der Waals surface area contributed by atoms with Crippen molar-refractivity contribution in [3.63, 3.8) is 0 Å². The second-order valence-electron chi connectivity index (χ2n) is 4.91. The van der Waals surface area contributed by atoms with Crippen molar-refractivity contribution in [1.29, 1.82) is 0 Å². The summed E-state index contributed by atoms with van der Waals surface area (Å²) in [5.41, 5.74) is 2.16. The molecule has 3 rings (SSSR count). The van der Waals surface area contributed by atoms with Gasteiger partial charge in [-0.2, -0.15) is 4.98 Å². The Bertz CT molecular complexity index is 824. The van der Waals surface area contributed by atoms with Gasteiger partial charge in [0.1, 0.15) is 11.4 Å². The number of hydrogen-bond donors (Lipinski definition) is 0. The molecule has 0 saturated heterocycles. The molecule has 22 heavy (non-hydrogen) atoms. The maximum Gasteiger partial charge on any atom is 0.232 e.